The summed E-state index contributed by atoms with van der Waals surface area (Å²) in [6.07, 6.45) is 2.09. The Balaban J connectivity index is 1.58. The summed E-state index contributed by atoms with van der Waals surface area (Å²) >= 11 is 0. The van der Waals surface area contributed by atoms with Crippen LogP contribution in [0.15, 0.2) is 42.6 Å². The lowest BCUT2D eigenvalue weighted by atomic mass is 10.3. The highest BCUT2D eigenvalue weighted by Crippen LogP contribution is 2.24. The maximum absolute atomic E-state index is 13.2. The fourth-order valence-corrected chi connectivity index (χ4v) is 2.76. The van der Waals surface area contributed by atoms with Gasteiger partial charge in [0.25, 0.3) is 0 Å². The number of pyridine rings is 1. The predicted octanol–water partition coefficient (Wildman–Crippen LogP) is 3.69. The molecule has 0 spiro atoms. The molecule has 6 nitrogen and oxygen atoms in total. The number of amides is 2. The number of benzene rings is 1. The minimum atomic E-state index is -0.345. The first kappa shape index (κ1) is 18.0. The Morgan fingerprint density at radius 1 is 1.35 bits per heavy atom. The molecule has 2 aromatic rings. The number of ether oxygens (including phenoxy) is 2. The Bertz CT molecular complexity index is 769. The Labute approximate surface area is 151 Å². The lowest BCUT2D eigenvalue weighted by Gasteiger charge is -2.19. The van der Waals surface area contributed by atoms with Gasteiger partial charge < -0.3 is 14.4 Å². The second-order valence-corrected chi connectivity index (χ2v) is 6.38. The van der Waals surface area contributed by atoms with Gasteiger partial charge in [-0.2, -0.15) is 0 Å². The average molecular weight is 359 g/mol. The summed E-state index contributed by atoms with van der Waals surface area (Å²) in [5.41, 5.74) is 0. The quantitative estimate of drug-likeness (QED) is 0.884. The molecule has 0 bridgehead atoms. The molecule has 2 amide bonds. The van der Waals surface area contributed by atoms with Gasteiger partial charge in [0.15, 0.2) is 11.6 Å². The van der Waals surface area contributed by atoms with Gasteiger partial charge in [0.1, 0.15) is 17.7 Å². The molecule has 1 atom stereocenters. The highest BCUT2D eigenvalue weighted by atomic mass is 19.1. The molecule has 1 saturated heterocycles. The van der Waals surface area contributed by atoms with Crippen LogP contribution in [-0.2, 0) is 0 Å². The van der Waals surface area contributed by atoms with E-state index in [9.17, 15) is 9.18 Å². The van der Waals surface area contributed by atoms with Crippen molar-refractivity contribution >= 4 is 11.8 Å². The Morgan fingerprint density at radius 2 is 2.19 bits per heavy atom. The zero-order valence-electron chi connectivity index (χ0n) is 14.8. The van der Waals surface area contributed by atoms with Gasteiger partial charge in [-0.25, -0.2) is 14.2 Å². The Hall–Kier alpha value is -2.83. The van der Waals surface area contributed by atoms with Gasteiger partial charge in [-0.1, -0.05) is 6.07 Å². The van der Waals surface area contributed by atoms with E-state index in [1.54, 1.807) is 35.4 Å². The summed E-state index contributed by atoms with van der Waals surface area (Å²) in [5.74, 6) is 1.04. The van der Waals surface area contributed by atoms with Crippen molar-refractivity contribution < 1.29 is 18.7 Å². The second kappa shape index (κ2) is 8.03. The first-order chi connectivity index (χ1) is 12.5. The van der Waals surface area contributed by atoms with Crippen molar-refractivity contribution in [1.82, 2.24) is 9.88 Å². The number of likely N-dealkylation sites (tertiary alicyclic amines) is 1. The minimum Gasteiger partial charge on any atom is -0.488 e. The topological polar surface area (TPSA) is 63.7 Å². The van der Waals surface area contributed by atoms with Gasteiger partial charge in [0.05, 0.1) is 12.6 Å². The number of urea groups is 1. The van der Waals surface area contributed by atoms with E-state index in [1.807, 2.05) is 13.8 Å². The second-order valence-electron chi connectivity index (χ2n) is 6.38. The molecule has 0 unspecified atom stereocenters. The van der Waals surface area contributed by atoms with E-state index in [4.69, 9.17) is 9.47 Å². The molecule has 1 aliphatic rings. The van der Waals surface area contributed by atoms with Crippen LogP contribution in [0.25, 0.3) is 0 Å². The maximum atomic E-state index is 13.2. The molecule has 7 heteroatoms. The van der Waals surface area contributed by atoms with Gasteiger partial charge in [-0.3, -0.25) is 5.32 Å². The molecule has 26 heavy (non-hydrogen) atoms. The molecule has 0 aliphatic carbocycles. The fraction of sp³-hybridized carbons (Fsp3) is 0.368. The maximum Gasteiger partial charge on any atom is 0.323 e. The fourth-order valence-electron chi connectivity index (χ4n) is 2.76. The SMILES string of the molecule is CC(C)Oc1cccnc1NC(=O)N1CC[C@H](Oc2cccc(F)c2)C1. The number of carbonyl (C=O) groups is 1. The number of nitrogens with one attached hydrogen (secondary N) is 1. The summed E-state index contributed by atoms with van der Waals surface area (Å²) in [7, 11) is 0. The number of anilines is 1. The van der Waals surface area contributed by atoms with Crippen molar-refractivity contribution in [2.24, 2.45) is 0 Å². The van der Waals surface area contributed by atoms with Crippen LogP contribution in [0, 0.1) is 5.82 Å². The third-order valence-electron chi connectivity index (χ3n) is 3.89. The van der Waals surface area contributed by atoms with Crippen LogP contribution in [0.5, 0.6) is 11.5 Å². The number of hydrogen-bond donors (Lipinski definition) is 1. The first-order valence-corrected chi connectivity index (χ1v) is 8.61. The molecule has 1 N–H and O–H groups in total. The zero-order valence-corrected chi connectivity index (χ0v) is 14.8. The molecule has 0 saturated carbocycles. The third-order valence-corrected chi connectivity index (χ3v) is 3.89. The lowest BCUT2D eigenvalue weighted by molar-refractivity contribution is 0.194. The van der Waals surface area contributed by atoms with Crippen molar-refractivity contribution in [3.8, 4) is 11.5 Å². The molecule has 1 aromatic carbocycles. The van der Waals surface area contributed by atoms with E-state index in [0.29, 0.717) is 36.8 Å². The standard InChI is InChI=1S/C19H22FN3O3/c1-13(2)25-17-7-4-9-21-18(17)22-19(24)23-10-8-16(12-23)26-15-6-3-5-14(20)11-15/h3-7,9,11,13,16H,8,10,12H2,1-2H3,(H,21,22,24)/t16-/m0/s1. The normalized spacial score (nSPS) is 16.6. The van der Waals surface area contributed by atoms with Gasteiger partial charge in [0.2, 0.25) is 0 Å². The van der Waals surface area contributed by atoms with E-state index in [2.05, 4.69) is 10.3 Å². The average Bonchev–Trinajstić information content (AvgIpc) is 3.05. The number of carbonyl (C=O) groups excluding carboxylic acids is 1. The van der Waals surface area contributed by atoms with Crippen LogP contribution in [0.1, 0.15) is 20.3 Å². The van der Waals surface area contributed by atoms with Crippen LogP contribution in [0.4, 0.5) is 15.0 Å². The van der Waals surface area contributed by atoms with Crippen molar-refractivity contribution in [1.29, 1.82) is 0 Å². The van der Waals surface area contributed by atoms with Crippen LogP contribution in [0.3, 0.4) is 0 Å². The smallest absolute Gasteiger partial charge is 0.323 e. The number of hydrogen-bond acceptors (Lipinski definition) is 4. The van der Waals surface area contributed by atoms with Crippen molar-refractivity contribution in [3.63, 3.8) is 0 Å². The third kappa shape index (κ3) is 4.62. The Kier molecular flexibility index (Phi) is 5.55. The molecule has 1 fully saturated rings. The molecule has 138 valence electrons. The van der Waals surface area contributed by atoms with Gasteiger partial charge in [0, 0.05) is 25.2 Å². The number of halogens is 1. The highest BCUT2D eigenvalue weighted by Gasteiger charge is 2.28. The highest BCUT2D eigenvalue weighted by molar-refractivity contribution is 5.89. The van der Waals surface area contributed by atoms with Crippen LogP contribution < -0.4 is 14.8 Å². The first-order valence-electron chi connectivity index (χ1n) is 8.61. The van der Waals surface area contributed by atoms with Crippen molar-refractivity contribution in [3.05, 3.63) is 48.4 Å². The summed E-state index contributed by atoms with van der Waals surface area (Å²) < 4.78 is 24.7. The molecule has 3 rings (SSSR count). The zero-order chi connectivity index (χ0) is 18.5. The summed E-state index contributed by atoms with van der Waals surface area (Å²) in [4.78, 5) is 18.3. The van der Waals surface area contributed by atoms with Gasteiger partial charge >= 0.3 is 6.03 Å². The van der Waals surface area contributed by atoms with E-state index < -0.39 is 0 Å². The van der Waals surface area contributed by atoms with Crippen molar-refractivity contribution in [2.45, 2.75) is 32.5 Å². The van der Waals surface area contributed by atoms with Crippen molar-refractivity contribution in [2.75, 3.05) is 18.4 Å². The number of rotatable bonds is 5. The molecule has 2 heterocycles. The summed E-state index contributed by atoms with van der Waals surface area (Å²) in [5, 5.41) is 2.79. The van der Waals surface area contributed by atoms with Gasteiger partial charge in [-0.05, 0) is 38.1 Å². The molecule has 0 radical (unpaired) electrons. The monoisotopic (exact) mass is 359 g/mol. The number of nitrogens with zero attached hydrogens (tertiary/aromatic N) is 2. The lowest BCUT2D eigenvalue weighted by Crippen LogP contribution is -2.35. The van der Waals surface area contributed by atoms with Crippen LogP contribution in [-0.4, -0.2) is 41.2 Å². The summed E-state index contributed by atoms with van der Waals surface area (Å²) in [6.45, 7) is 4.80. The van der Waals surface area contributed by atoms with E-state index >= 15 is 0 Å². The van der Waals surface area contributed by atoms with Crippen LogP contribution in [0.2, 0.25) is 0 Å². The molecular weight excluding hydrogens is 337 g/mol. The Morgan fingerprint density at radius 3 is 2.96 bits per heavy atom. The van der Waals surface area contributed by atoms with E-state index in [0.717, 1.165) is 0 Å². The molecule has 1 aliphatic heterocycles. The largest absolute Gasteiger partial charge is 0.488 e. The molecular formula is C19H22FN3O3. The minimum absolute atomic E-state index is 0.0225. The predicted molar refractivity (Wildman–Crippen MR) is 96.0 cm³/mol. The van der Waals surface area contributed by atoms with Gasteiger partial charge in [-0.15, -0.1) is 0 Å². The molecule has 1 aromatic heterocycles. The van der Waals surface area contributed by atoms with E-state index in [-0.39, 0.29) is 24.1 Å². The summed E-state index contributed by atoms with van der Waals surface area (Å²) in [6, 6.07) is 9.27. The van der Waals surface area contributed by atoms with E-state index in [1.165, 1.54) is 12.1 Å². The van der Waals surface area contributed by atoms with Crippen LogP contribution >= 0.6 is 0 Å². The number of aromatic nitrogens is 1.